The van der Waals surface area contributed by atoms with Crippen LogP contribution < -0.4 is 28.5 Å². The third-order valence-corrected chi connectivity index (χ3v) is 3.03. The second-order valence-electron chi connectivity index (χ2n) is 4.76. The van der Waals surface area contributed by atoms with Crippen LogP contribution in [0.5, 0.6) is 0 Å². The van der Waals surface area contributed by atoms with Crippen molar-refractivity contribution in [3.63, 3.8) is 0 Å². The zero-order chi connectivity index (χ0) is 19.2. The van der Waals surface area contributed by atoms with Crippen LogP contribution in [0.1, 0.15) is 16.1 Å². The molecule has 0 saturated heterocycles. The molecule has 0 atom stereocenters. The van der Waals surface area contributed by atoms with Crippen molar-refractivity contribution in [3.05, 3.63) is 64.0 Å². The number of aryl methyl sites for hydroxylation is 1. The molecule has 2 aromatic rings. The number of halogens is 1. The number of amides is 1. The summed E-state index contributed by atoms with van der Waals surface area (Å²) >= 11 is 0. The molecule has 25 heavy (non-hydrogen) atoms. The highest BCUT2D eigenvalue weighted by molar-refractivity contribution is 6.04. The Hall–Kier alpha value is -2.63. The first kappa shape index (κ1) is 20.4. The van der Waals surface area contributed by atoms with Gasteiger partial charge in [0.05, 0.1) is 11.0 Å². The molecule has 1 amide bonds. The third kappa shape index (κ3) is 7.20. The summed E-state index contributed by atoms with van der Waals surface area (Å²) in [7, 11) is -3.25. The quantitative estimate of drug-likeness (QED) is 0.345. The Bertz CT molecular complexity index is 757. The van der Waals surface area contributed by atoms with Gasteiger partial charge in [0.2, 0.25) is 11.9 Å². The van der Waals surface area contributed by atoms with Crippen LogP contribution in [-0.2, 0) is 7.05 Å². The lowest BCUT2D eigenvalue weighted by Gasteiger charge is -2.17. The molecule has 134 valence electrons. The zero-order valence-corrected chi connectivity index (χ0v) is 13.9. The first-order valence-corrected chi connectivity index (χ1v) is 7.85. The van der Waals surface area contributed by atoms with E-state index in [9.17, 15) is 14.9 Å². The largest absolute Gasteiger partial charge is 0.334 e. The van der Waals surface area contributed by atoms with E-state index < -0.39 is 15.2 Å². The fraction of sp³-hybridized carbons (Fsp3) is 0.143. The molecular formula is C14H14ClN3O7. The lowest BCUT2D eigenvalue weighted by molar-refractivity contribution is -2.00. The molecule has 11 heteroatoms. The molecule has 0 bridgehead atoms. The van der Waals surface area contributed by atoms with Gasteiger partial charge in [0, 0.05) is 12.5 Å². The van der Waals surface area contributed by atoms with Crippen LogP contribution in [0.15, 0.2) is 42.6 Å². The third-order valence-electron chi connectivity index (χ3n) is 3.03. The maximum Gasteiger partial charge on any atom is 0.334 e. The van der Waals surface area contributed by atoms with Gasteiger partial charge in [-0.05, 0) is 12.1 Å². The second kappa shape index (κ2) is 8.46. The van der Waals surface area contributed by atoms with Crippen LogP contribution in [0, 0.1) is 27.3 Å². The van der Waals surface area contributed by atoms with E-state index >= 15 is 0 Å². The van der Waals surface area contributed by atoms with E-state index in [1.165, 1.54) is 12.3 Å². The van der Waals surface area contributed by atoms with Gasteiger partial charge in [-0.1, -0.05) is 18.2 Å². The number of carbonyl (C=O) groups excluding carboxylic acids is 1. The SMILES string of the molecule is Cc1c(NC(=O)c2ccccc2)cc([N+](=O)[O-])c[n+]1C.[O-][Cl+3]([O-])([O-])[O-]. The van der Waals surface area contributed by atoms with Gasteiger partial charge in [0.25, 0.3) is 5.91 Å². The molecule has 1 N–H and O–H groups in total. The first-order valence-electron chi connectivity index (χ1n) is 6.62. The van der Waals surface area contributed by atoms with Gasteiger partial charge in [-0.15, -0.1) is 10.2 Å². The van der Waals surface area contributed by atoms with E-state index in [0.29, 0.717) is 11.3 Å². The van der Waals surface area contributed by atoms with E-state index in [2.05, 4.69) is 5.32 Å². The zero-order valence-electron chi connectivity index (χ0n) is 13.2. The second-order valence-corrected chi connectivity index (χ2v) is 5.52. The maximum absolute atomic E-state index is 12.1. The van der Waals surface area contributed by atoms with E-state index in [1.807, 2.05) is 6.07 Å². The topological polar surface area (TPSA) is 168 Å². The van der Waals surface area contributed by atoms with Crippen molar-refractivity contribution in [2.45, 2.75) is 6.92 Å². The maximum atomic E-state index is 12.1. The Kier molecular flexibility index (Phi) is 6.91. The Morgan fingerprint density at radius 3 is 2.16 bits per heavy atom. The molecule has 0 fully saturated rings. The van der Waals surface area contributed by atoms with Gasteiger partial charge in [0.1, 0.15) is 12.7 Å². The van der Waals surface area contributed by atoms with Crippen molar-refractivity contribution >= 4 is 17.3 Å². The Labute approximate surface area is 144 Å². The van der Waals surface area contributed by atoms with Gasteiger partial charge >= 0.3 is 5.69 Å². The molecule has 1 aromatic heterocycles. The average Bonchev–Trinajstić information content (AvgIpc) is 2.50. The molecule has 0 saturated carbocycles. The van der Waals surface area contributed by atoms with E-state index in [0.717, 1.165) is 5.69 Å². The molecule has 2 rings (SSSR count). The van der Waals surface area contributed by atoms with E-state index in [4.69, 9.17) is 18.6 Å². The average molecular weight is 372 g/mol. The number of anilines is 1. The van der Waals surface area contributed by atoms with Crippen LogP contribution in [-0.4, -0.2) is 10.8 Å². The molecule has 10 nitrogen and oxygen atoms in total. The summed E-state index contributed by atoms with van der Waals surface area (Å²) in [6.45, 7) is 1.78. The summed E-state index contributed by atoms with van der Waals surface area (Å²) in [6.07, 6.45) is 1.41. The summed E-state index contributed by atoms with van der Waals surface area (Å²) in [5.74, 6) is -0.297. The first-order chi connectivity index (χ1) is 11.5. The van der Waals surface area contributed by atoms with Gasteiger partial charge in [-0.3, -0.25) is 14.9 Å². The minimum atomic E-state index is -4.94. The number of nitrogens with one attached hydrogen (secondary N) is 1. The molecule has 1 heterocycles. The van der Waals surface area contributed by atoms with Gasteiger partial charge in [0.15, 0.2) is 0 Å². The minimum Gasteiger partial charge on any atom is -0.317 e. The molecule has 0 aliphatic rings. The van der Waals surface area contributed by atoms with Crippen molar-refractivity contribution in [2.75, 3.05) is 5.32 Å². The van der Waals surface area contributed by atoms with E-state index in [-0.39, 0.29) is 11.6 Å². The van der Waals surface area contributed by atoms with Crippen LogP contribution in [0.4, 0.5) is 11.4 Å². The molecule has 0 aliphatic heterocycles. The number of carbonyl (C=O) groups is 1. The smallest absolute Gasteiger partial charge is 0.317 e. The number of nitro groups is 1. The number of hydrogen-bond acceptors (Lipinski definition) is 7. The predicted octanol–water partition coefficient (Wildman–Crippen LogP) is -2.78. The summed E-state index contributed by atoms with van der Waals surface area (Å²) in [4.78, 5) is 22.4. The molecular weight excluding hydrogens is 358 g/mol. The summed E-state index contributed by atoms with van der Waals surface area (Å²) in [6, 6.07) is 10.1. The standard InChI is InChI=1S/C14H13N3O3.ClHO4/c1-10-13(8-12(17(19)20)9-16(10)2)15-14(18)11-6-4-3-5-7-11;2-1(3,4)5/h3-9H,1-2H3;(H,2,3,4,5). The van der Waals surface area contributed by atoms with Gasteiger partial charge in [-0.25, -0.2) is 18.6 Å². The monoisotopic (exact) mass is 371 g/mol. The number of nitrogens with zero attached hydrogens (tertiary/aromatic N) is 2. The van der Waals surface area contributed by atoms with Crippen LogP contribution >= 0.6 is 0 Å². The molecule has 0 spiro atoms. The Morgan fingerprint density at radius 1 is 1.16 bits per heavy atom. The van der Waals surface area contributed by atoms with Crippen LogP contribution in [0.3, 0.4) is 0 Å². The lowest BCUT2D eigenvalue weighted by Crippen LogP contribution is -2.68. The van der Waals surface area contributed by atoms with Crippen molar-refractivity contribution in [1.29, 1.82) is 0 Å². The minimum absolute atomic E-state index is 0.0681. The highest BCUT2D eigenvalue weighted by Crippen LogP contribution is 2.18. The molecule has 0 aliphatic carbocycles. The fourth-order valence-electron chi connectivity index (χ4n) is 1.79. The highest BCUT2D eigenvalue weighted by Gasteiger charge is 2.19. The number of pyridine rings is 1. The molecule has 0 unspecified atom stereocenters. The van der Waals surface area contributed by atoms with Crippen molar-refractivity contribution in [3.8, 4) is 0 Å². The van der Waals surface area contributed by atoms with Crippen molar-refractivity contribution in [1.82, 2.24) is 0 Å². The Balaban J connectivity index is 0.000000550. The summed E-state index contributed by atoms with van der Waals surface area (Å²) in [5.41, 5.74) is 1.60. The molecule has 1 aromatic carbocycles. The Morgan fingerprint density at radius 2 is 1.68 bits per heavy atom. The van der Waals surface area contributed by atoms with Crippen molar-refractivity contribution in [2.24, 2.45) is 7.05 Å². The normalized spacial score (nSPS) is 10.5. The number of benzene rings is 1. The highest BCUT2D eigenvalue weighted by atomic mass is 35.7. The predicted molar refractivity (Wildman–Crippen MR) is 73.4 cm³/mol. The summed E-state index contributed by atoms with van der Waals surface area (Å²) < 4.78 is 35.6. The number of hydrogen-bond donors (Lipinski definition) is 1. The van der Waals surface area contributed by atoms with E-state index in [1.54, 1.807) is 42.8 Å². The number of rotatable bonds is 3. The summed E-state index contributed by atoms with van der Waals surface area (Å²) in [5, 5.41) is 13.6. The van der Waals surface area contributed by atoms with Gasteiger partial charge < -0.3 is 5.32 Å². The fourth-order valence-corrected chi connectivity index (χ4v) is 1.79. The number of aromatic nitrogens is 1. The van der Waals surface area contributed by atoms with Crippen LogP contribution in [0.2, 0.25) is 0 Å². The molecule has 0 radical (unpaired) electrons. The lowest BCUT2D eigenvalue weighted by atomic mass is 10.2. The van der Waals surface area contributed by atoms with Gasteiger partial charge in [-0.2, -0.15) is 4.57 Å². The van der Waals surface area contributed by atoms with Crippen molar-refractivity contribution < 1.29 is 43.2 Å². The van der Waals surface area contributed by atoms with Crippen LogP contribution in [0.25, 0.3) is 0 Å².